The van der Waals surface area contributed by atoms with E-state index in [1.807, 2.05) is 18.2 Å². The first-order valence-electron chi connectivity index (χ1n) is 7.33. The Morgan fingerprint density at radius 3 is 2.25 bits per heavy atom. The van der Waals surface area contributed by atoms with Gasteiger partial charge in [0.15, 0.2) is 0 Å². The van der Waals surface area contributed by atoms with Crippen LogP contribution >= 0.6 is 0 Å². The number of hydrogen-bond acceptors (Lipinski definition) is 2. The van der Waals surface area contributed by atoms with Crippen molar-refractivity contribution >= 4 is 0 Å². The van der Waals surface area contributed by atoms with E-state index in [0.29, 0.717) is 0 Å². The summed E-state index contributed by atoms with van der Waals surface area (Å²) in [6.07, 6.45) is 4.40. The summed E-state index contributed by atoms with van der Waals surface area (Å²) >= 11 is 0. The minimum atomic E-state index is -0.432. The second-order valence-electron chi connectivity index (χ2n) is 5.56. The number of aryl methyl sites for hydroxylation is 1. The van der Waals surface area contributed by atoms with Crippen LogP contribution in [0.2, 0.25) is 0 Å². The van der Waals surface area contributed by atoms with Crippen molar-refractivity contribution in [1.29, 1.82) is 0 Å². The monoisotopic (exact) mass is 267 g/mol. The summed E-state index contributed by atoms with van der Waals surface area (Å²) in [7, 11) is 0. The van der Waals surface area contributed by atoms with Crippen LogP contribution in [0.15, 0.2) is 60.7 Å². The van der Waals surface area contributed by atoms with Gasteiger partial charge >= 0.3 is 0 Å². The molecular weight excluding hydrogens is 246 g/mol. The Labute approximate surface area is 120 Å². The van der Waals surface area contributed by atoms with Crippen molar-refractivity contribution in [2.75, 3.05) is 0 Å². The Bertz CT molecular complexity index is 540. The first-order valence-corrected chi connectivity index (χ1v) is 7.33. The number of nitrogens with two attached hydrogens (primary N) is 1. The second-order valence-corrected chi connectivity index (χ2v) is 5.56. The van der Waals surface area contributed by atoms with Crippen molar-refractivity contribution < 1.29 is 4.74 Å². The predicted octanol–water partition coefficient (Wildman–Crippen LogP) is 3.83. The van der Waals surface area contributed by atoms with Gasteiger partial charge in [0.05, 0.1) is 0 Å². The highest BCUT2D eigenvalue weighted by Crippen LogP contribution is 2.48. The van der Waals surface area contributed by atoms with Gasteiger partial charge in [-0.3, -0.25) is 0 Å². The van der Waals surface area contributed by atoms with Gasteiger partial charge < -0.3 is 10.5 Å². The Hall–Kier alpha value is -1.64. The molecule has 2 heteroatoms. The molecule has 2 atom stereocenters. The lowest BCUT2D eigenvalue weighted by atomic mass is 10.00. The minimum absolute atomic E-state index is 0.0837. The van der Waals surface area contributed by atoms with Crippen LogP contribution in [0.5, 0.6) is 0 Å². The summed E-state index contributed by atoms with van der Waals surface area (Å²) in [4.78, 5) is 0. The average Bonchev–Trinajstić information content (AvgIpc) is 3.18. The molecule has 0 bridgehead atoms. The molecule has 1 aliphatic heterocycles. The zero-order chi connectivity index (χ0) is 13.8. The van der Waals surface area contributed by atoms with Gasteiger partial charge in [0.25, 0.3) is 0 Å². The SMILES string of the molecule is NC1(CCCCc2ccccc2)OC1c1ccccc1. The summed E-state index contributed by atoms with van der Waals surface area (Å²) in [5, 5.41) is 0. The summed E-state index contributed by atoms with van der Waals surface area (Å²) < 4.78 is 5.72. The van der Waals surface area contributed by atoms with Crippen molar-refractivity contribution in [3.05, 3.63) is 71.8 Å². The van der Waals surface area contributed by atoms with Gasteiger partial charge in [0, 0.05) is 0 Å². The van der Waals surface area contributed by atoms with Crippen LogP contribution in [-0.2, 0) is 11.2 Å². The molecule has 2 nitrogen and oxygen atoms in total. The third-order valence-corrected chi connectivity index (χ3v) is 3.95. The lowest BCUT2D eigenvalue weighted by molar-refractivity contribution is 0.280. The molecule has 0 aromatic heterocycles. The van der Waals surface area contributed by atoms with Crippen LogP contribution in [0.3, 0.4) is 0 Å². The lowest BCUT2D eigenvalue weighted by Gasteiger charge is -2.07. The molecule has 104 valence electrons. The van der Waals surface area contributed by atoms with Gasteiger partial charge in [-0.1, -0.05) is 60.7 Å². The Morgan fingerprint density at radius 1 is 0.900 bits per heavy atom. The highest BCUT2D eigenvalue weighted by Gasteiger charge is 2.53. The minimum Gasteiger partial charge on any atom is -0.345 e. The molecule has 1 aliphatic rings. The molecule has 0 saturated carbocycles. The van der Waals surface area contributed by atoms with Crippen LogP contribution in [-0.4, -0.2) is 5.72 Å². The molecule has 2 aromatic carbocycles. The standard InChI is InChI=1S/C18H21NO/c19-18(17(20-18)16-12-5-2-6-13-16)14-8-7-11-15-9-3-1-4-10-15/h1-6,9-10,12-13,17H,7-8,11,14,19H2. The number of rotatable bonds is 6. The third kappa shape index (κ3) is 3.09. The maximum absolute atomic E-state index is 6.28. The van der Waals surface area contributed by atoms with Gasteiger partial charge in [-0.25, -0.2) is 0 Å². The zero-order valence-electron chi connectivity index (χ0n) is 11.7. The number of benzene rings is 2. The molecule has 1 saturated heterocycles. The molecule has 20 heavy (non-hydrogen) atoms. The molecule has 0 spiro atoms. The molecule has 0 aliphatic carbocycles. The van der Waals surface area contributed by atoms with Gasteiger partial charge in [-0.05, 0) is 36.8 Å². The van der Waals surface area contributed by atoms with E-state index in [1.54, 1.807) is 0 Å². The number of epoxide rings is 1. The topological polar surface area (TPSA) is 38.5 Å². The number of hydrogen-bond donors (Lipinski definition) is 1. The van der Waals surface area contributed by atoms with E-state index in [9.17, 15) is 0 Å². The van der Waals surface area contributed by atoms with Crippen LogP contribution in [0.25, 0.3) is 0 Å². The first-order chi connectivity index (χ1) is 9.78. The van der Waals surface area contributed by atoms with Crippen molar-refractivity contribution in [3.63, 3.8) is 0 Å². The lowest BCUT2D eigenvalue weighted by Crippen LogP contribution is -2.24. The Kier molecular flexibility index (Phi) is 3.86. The smallest absolute Gasteiger partial charge is 0.148 e. The molecule has 1 heterocycles. The van der Waals surface area contributed by atoms with E-state index >= 15 is 0 Å². The summed E-state index contributed by atoms with van der Waals surface area (Å²) in [5.74, 6) is 0. The van der Waals surface area contributed by atoms with Crippen molar-refractivity contribution in [3.8, 4) is 0 Å². The van der Waals surface area contributed by atoms with Crippen LogP contribution in [0, 0.1) is 0 Å². The van der Waals surface area contributed by atoms with Crippen molar-refractivity contribution in [1.82, 2.24) is 0 Å². The average molecular weight is 267 g/mol. The fourth-order valence-corrected chi connectivity index (χ4v) is 2.73. The van der Waals surface area contributed by atoms with Gasteiger partial charge in [0.1, 0.15) is 11.8 Å². The highest BCUT2D eigenvalue weighted by molar-refractivity contribution is 5.25. The normalized spacial score (nSPS) is 24.6. The quantitative estimate of drug-likeness (QED) is 0.638. The van der Waals surface area contributed by atoms with Crippen LogP contribution in [0.4, 0.5) is 0 Å². The van der Waals surface area contributed by atoms with E-state index in [-0.39, 0.29) is 6.10 Å². The van der Waals surface area contributed by atoms with E-state index in [1.165, 1.54) is 11.1 Å². The zero-order valence-corrected chi connectivity index (χ0v) is 11.7. The van der Waals surface area contributed by atoms with Gasteiger partial charge in [0.2, 0.25) is 0 Å². The predicted molar refractivity (Wildman–Crippen MR) is 81.2 cm³/mol. The van der Waals surface area contributed by atoms with E-state index in [4.69, 9.17) is 10.5 Å². The molecule has 2 unspecified atom stereocenters. The van der Waals surface area contributed by atoms with Gasteiger partial charge in [-0.2, -0.15) is 0 Å². The van der Waals surface area contributed by atoms with Gasteiger partial charge in [-0.15, -0.1) is 0 Å². The Balaban J connectivity index is 1.44. The van der Waals surface area contributed by atoms with E-state index < -0.39 is 5.72 Å². The molecule has 2 aromatic rings. The molecule has 0 amide bonds. The maximum Gasteiger partial charge on any atom is 0.148 e. The van der Waals surface area contributed by atoms with E-state index in [2.05, 4.69) is 42.5 Å². The molecule has 0 radical (unpaired) electrons. The fraction of sp³-hybridized carbons (Fsp3) is 0.333. The number of unbranched alkanes of at least 4 members (excludes halogenated alkanes) is 1. The van der Waals surface area contributed by atoms with Crippen LogP contribution in [0.1, 0.15) is 36.5 Å². The molecule has 3 rings (SSSR count). The number of ether oxygens (including phenoxy) is 1. The van der Waals surface area contributed by atoms with E-state index in [0.717, 1.165) is 25.7 Å². The largest absolute Gasteiger partial charge is 0.345 e. The van der Waals surface area contributed by atoms with Crippen molar-refractivity contribution in [2.24, 2.45) is 5.73 Å². The first kappa shape index (κ1) is 13.3. The maximum atomic E-state index is 6.28. The summed E-state index contributed by atoms with van der Waals surface area (Å²) in [5.41, 5.74) is 8.44. The molecular formula is C18H21NO. The summed E-state index contributed by atoms with van der Waals surface area (Å²) in [6.45, 7) is 0. The van der Waals surface area contributed by atoms with Crippen molar-refractivity contribution in [2.45, 2.75) is 37.5 Å². The highest BCUT2D eigenvalue weighted by atomic mass is 16.6. The second kappa shape index (κ2) is 5.78. The Morgan fingerprint density at radius 2 is 1.55 bits per heavy atom. The molecule has 1 fully saturated rings. The third-order valence-electron chi connectivity index (χ3n) is 3.95. The van der Waals surface area contributed by atoms with Crippen LogP contribution < -0.4 is 5.73 Å². The fourth-order valence-electron chi connectivity index (χ4n) is 2.73. The molecule has 2 N–H and O–H groups in total. The summed E-state index contributed by atoms with van der Waals surface area (Å²) in [6, 6.07) is 20.9.